The lowest BCUT2D eigenvalue weighted by molar-refractivity contribution is -0.0180. The summed E-state index contributed by atoms with van der Waals surface area (Å²) < 4.78 is 0. The fourth-order valence-electron chi connectivity index (χ4n) is 0.844. The zero-order valence-corrected chi connectivity index (χ0v) is 7.92. The van der Waals surface area contributed by atoms with Gasteiger partial charge in [-0.1, -0.05) is 24.8 Å². The van der Waals surface area contributed by atoms with Gasteiger partial charge < -0.3 is 4.84 Å². The summed E-state index contributed by atoms with van der Waals surface area (Å²) in [5.74, 6) is 0. The van der Waals surface area contributed by atoms with E-state index in [4.69, 9.17) is 4.84 Å². The Morgan fingerprint density at radius 1 is 1.50 bits per heavy atom. The third-order valence-corrected chi connectivity index (χ3v) is 1.50. The van der Waals surface area contributed by atoms with Gasteiger partial charge in [-0.3, -0.25) is 0 Å². The van der Waals surface area contributed by atoms with E-state index in [9.17, 15) is 0 Å². The minimum absolute atomic E-state index is 0.215. The highest BCUT2D eigenvalue weighted by molar-refractivity contribution is 5.21. The van der Waals surface area contributed by atoms with Gasteiger partial charge in [-0.2, -0.15) is 0 Å². The Morgan fingerprint density at radius 3 is 2.67 bits per heavy atom. The molecule has 0 N–H and O–H groups in total. The van der Waals surface area contributed by atoms with Crippen LogP contribution in [0.5, 0.6) is 0 Å². The molecule has 2 heteroatoms. The predicted molar refractivity (Wildman–Crippen MR) is 53.3 cm³/mol. The Morgan fingerprint density at radius 2 is 2.17 bits per heavy atom. The van der Waals surface area contributed by atoms with Crippen LogP contribution in [0.15, 0.2) is 30.0 Å². The molecular formula is C10H17NO. The molecule has 0 saturated heterocycles. The van der Waals surface area contributed by atoms with Crippen LogP contribution in [0.25, 0.3) is 0 Å². The third kappa shape index (κ3) is 5.71. The first-order chi connectivity index (χ1) is 5.62. The Kier molecular flexibility index (Phi) is 5.09. The number of nitrogens with zero attached hydrogens (tertiary/aromatic N) is 1. The van der Waals surface area contributed by atoms with Crippen LogP contribution in [0.1, 0.15) is 26.7 Å². The summed E-state index contributed by atoms with van der Waals surface area (Å²) >= 11 is 0. The van der Waals surface area contributed by atoms with Gasteiger partial charge in [0.1, 0.15) is 5.60 Å². The molecule has 0 fully saturated rings. The van der Waals surface area contributed by atoms with Crippen LogP contribution >= 0.6 is 0 Å². The molecule has 0 amide bonds. The van der Waals surface area contributed by atoms with Crippen LogP contribution in [-0.2, 0) is 4.84 Å². The molecular weight excluding hydrogens is 150 g/mol. The van der Waals surface area contributed by atoms with E-state index in [1.165, 1.54) is 0 Å². The van der Waals surface area contributed by atoms with E-state index in [0.717, 1.165) is 12.8 Å². The SMILES string of the molecule is C=C/C=C\CCC(C)(C)ON=C. The number of allylic oxidation sites excluding steroid dienone is 3. The van der Waals surface area contributed by atoms with Crippen molar-refractivity contribution in [3.05, 3.63) is 24.8 Å². The van der Waals surface area contributed by atoms with Crippen molar-refractivity contribution in [3.63, 3.8) is 0 Å². The fraction of sp³-hybridized carbons (Fsp3) is 0.500. The van der Waals surface area contributed by atoms with Crippen molar-refractivity contribution in [1.29, 1.82) is 0 Å². The molecule has 0 atom stereocenters. The van der Waals surface area contributed by atoms with Gasteiger partial charge in [0.15, 0.2) is 0 Å². The molecule has 0 heterocycles. The molecule has 2 nitrogen and oxygen atoms in total. The van der Waals surface area contributed by atoms with Gasteiger partial charge in [0.2, 0.25) is 0 Å². The topological polar surface area (TPSA) is 21.6 Å². The molecule has 68 valence electrons. The second-order valence-corrected chi connectivity index (χ2v) is 3.18. The fourth-order valence-corrected chi connectivity index (χ4v) is 0.844. The Bertz CT molecular complexity index is 171. The molecule has 0 aromatic carbocycles. The first-order valence-electron chi connectivity index (χ1n) is 4.04. The first-order valence-corrected chi connectivity index (χ1v) is 4.04. The Balaban J connectivity index is 3.66. The summed E-state index contributed by atoms with van der Waals surface area (Å²) in [5.41, 5.74) is -0.215. The van der Waals surface area contributed by atoms with Gasteiger partial charge in [-0.25, -0.2) is 0 Å². The highest BCUT2D eigenvalue weighted by atomic mass is 16.6. The van der Waals surface area contributed by atoms with Crippen molar-refractivity contribution < 1.29 is 4.84 Å². The van der Waals surface area contributed by atoms with Gasteiger partial charge in [-0.05, 0) is 26.7 Å². The van der Waals surface area contributed by atoms with E-state index in [2.05, 4.69) is 24.5 Å². The van der Waals surface area contributed by atoms with Crippen LogP contribution in [0, 0.1) is 0 Å². The van der Waals surface area contributed by atoms with E-state index in [-0.39, 0.29) is 5.60 Å². The molecule has 12 heavy (non-hydrogen) atoms. The molecule has 0 aliphatic carbocycles. The molecule has 0 aliphatic rings. The largest absolute Gasteiger partial charge is 0.390 e. The normalized spacial score (nSPS) is 11.5. The van der Waals surface area contributed by atoms with E-state index in [0.29, 0.717) is 0 Å². The molecule has 0 unspecified atom stereocenters. The lowest BCUT2D eigenvalue weighted by Crippen LogP contribution is -2.20. The van der Waals surface area contributed by atoms with Gasteiger partial charge in [0.25, 0.3) is 0 Å². The van der Waals surface area contributed by atoms with Crippen LogP contribution in [-0.4, -0.2) is 12.3 Å². The van der Waals surface area contributed by atoms with Crippen LogP contribution in [0.4, 0.5) is 0 Å². The number of oxime groups is 1. The summed E-state index contributed by atoms with van der Waals surface area (Å²) in [7, 11) is 0. The highest BCUT2D eigenvalue weighted by Crippen LogP contribution is 2.16. The zero-order chi connectivity index (χ0) is 9.45. The van der Waals surface area contributed by atoms with E-state index in [1.807, 2.05) is 19.9 Å². The highest BCUT2D eigenvalue weighted by Gasteiger charge is 2.17. The summed E-state index contributed by atoms with van der Waals surface area (Å²) in [6.07, 6.45) is 7.64. The lowest BCUT2D eigenvalue weighted by atomic mass is 10.0. The molecule has 0 aromatic heterocycles. The van der Waals surface area contributed by atoms with Crippen molar-refractivity contribution >= 4 is 6.72 Å². The molecule has 0 aromatic rings. The summed E-state index contributed by atoms with van der Waals surface area (Å²) in [6, 6.07) is 0. The number of rotatable bonds is 6. The zero-order valence-electron chi connectivity index (χ0n) is 7.92. The summed E-state index contributed by atoms with van der Waals surface area (Å²) in [5, 5.41) is 3.41. The average molecular weight is 167 g/mol. The third-order valence-electron chi connectivity index (χ3n) is 1.50. The minimum Gasteiger partial charge on any atom is -0.390 e. The van der Waals surface area contributed by atoms with E-state index < -0.39 is 0 Å². The molecule has 0 radical (unpaired) electrons. The van der Waals surface area contributed by atoms with Crippen LogP contribution in [0.3, 0.4) is 0 Å². The maximum absolute atomic E-state index is 5.06. The minimum atomic E-state index is -0.215. The van der Waals surface area contributed by atoms with Crippen molar-refractivity contribution in [2.75, 3.05) is 0 Å². The molecule has 0 aliphatic heterocycles. The molecule has 0 saturated carbocycles. The molecule has 0 spiro atoms. The average Bonchev–Trinajstić information content (AvgIpc) is 1.98. The predicted octanol–water partition coefficient (Wildman–Crippen LogP) is 2.92. The van der Waals surface area contributed by atoms with E-state index in [1.54, 1.807) is 6.08 Å². The van der Waals surface area contributed by atoms with Gasteiger partial charge in [-0.15, -0.1) is 5.16 Å². The maximum atomic E-state index is 5.06. The van der Waals surface area contributed by atoms with Gasteiger partial charge >= 0.3 is 0 Å². The summed E-state index contributed by atoms with van der Waals surface area (Å²) in [6.45, 7) is 10.8. The first kappa shape index (κ1) is 11.0. The standard InChI is InChI=1S/C10H17NO/c1-5-6-7-8-9-10(2,3)12-11-4/h5-7H,1,4,8-9H2,2-3H3/b7-6-. The van der Waals surface area contributed by atoms with Crippen LogP contribution < -0.4 is 0 Å². The smallest absolute Gasteiger partial charge is 0.132 e. The quantitative estimate of drug-likeness (QED) is 0.338. The van der Waals surface area contributed by atoms with Gasteiger partial charge in [0.05, 0.1) is 0 Å². The summed E-state index contributed by atoms with van der Waals surface area (Å²) in [4.78, 5) is 5.06. The lowest BCUT2D eigenvalue weighted by Gasteiger charge is -2.20. The number of hydrogen-bond acceptors (Lipinski definition) is 2. The molecule has 0 bridgehead atoms. The monoisotopic (exact) mass is 167 g/mol. The van der Waals surface area contributed by atoms with Crippen molar-refractivity contribution in [3.8, 4) is 0 Å². The Labute approximate surface area is 74.6 Å². The van der Waals surface area contributed by atoms with Crippen molar-refractivity contribution in [2.24, 2.45) is 5.16 Å². The van der Waals surface area contributed by atoms with E-state index >= 15 is 0 Å². The van der Waals surface area contributed by atoms with Crippen molar-refractivity contribution in [1.82, 2.24) is 0 Å². The second-order valence-electron chi connectivity index (χ2n) is 3.18. The van der Waals surface area contributed by atoms with Crippen molar-refractivity contribution in [2.45, 2.75) is 32.3 Å². The van der Waals surface area contributed by atoms with Gasteiger partial charge in [0, 0.05) is 6.72 Å². The maximum Gasteiger partial charge on any atom is 0.132 e. The van der Waals surface area contributed by atoms with Crippen LogP contribution in [0.2, 0.25) is 0 Å². The number of hydrogen-bond donors (Lipinski definition) is 0. The Hall–Kier alpha value is -1.05. The molecule has 0 rings (SSSR count). The second kappa shape index (κ2) is 5.58.